The van der Waals surface area contributed by atoms with E-state index in [4.69, 9.17) is 0 Å². The number of rotatable bonds is 3. The molecule has 104 valence electrons. The molecule has 2 N–H and O–H groups in total. The highest BCUT2D eigenvalue weighted by atomic mass is 16.2. The van der Waals surface area contributed by atoms with Crippen LogP contribution in [0.3, 0.4) is 0 Å². The van der Waals surface area contributed by atoms with Crippen LogP contribution in [-0.4, -0.2) is 46.0 Å². The molecular weight excluding hydrogens is 244 g/mol. The Hall–Kier alpha value is -1.85. The van der Waals surface area contributed by atoms with E-state index in [-0.39, 0.29) is 11.8 Å². The van der Waals surface area contributed by atoms with Gasteiger partial charge in [0.15, 0.2) is 0 Å². The minimum Gasteiger partial charge on any atom is -0.341 e. The first-order chi connectivity index (χ1) is 9.09. The lowest BCUT2D eigenvalue weighted by molar-refractivity contribution is -0.133. The van der Waals surface area contributed by atoms with Gasteiger partial charge in [-0.3, -0.25) is 14.7 Å². The van der Waals surface area contributed by atoms with E-state index in [1.165, 1.54) is 12.6 Å². The van der Waals surface area contributed by atoms with E-state index in [2.05, 4.69) is 15.5 Å². The van der Waals surface area contributed by atoms with Gasteiger partial charge in [-0.15, -0.1) is 0 Å². The summed E-state index contributed by atoms with van der Waals surface area (Å²) in [5.74, 6) is -0.265. The van der Waals surface area contributed by atoms with Crippen molar-refractivity contribution in [2.75, 3.05) is 13.1 Å². The number of aryl methyl sites for hydroxylation is 1. The monoisotopic (exact) mass is 264 g/mol. The fourth-order valence-electron chi connectivity index (χ4n) is 2.30. The molecule has 6 nitrogen and oxygen atoms in total. The molecule has 2 amide bonds. The molecular formula is C13H20N4O2. The van der Waals surface area contributed by atoms with Crippen molar-refractivity contribution in [3.63, 3.8) is 0 Å². The molecule has 0 spiro atoms. The minimum absolute atomic E-state index is 0.00537. The predicted octanol–water partition coefficient (Wildman–Crippen LogP) is 0.849. The van der Waals surface area contributed by atoms with Crippen molar-refractivity contribution < 1.29 is 9.59 Å². The van der Waals surface area contributed by atoms with Crippen molar-refractivity contribution in [1.29, 1.82) is 0 Å². The molecule has 1 aromatic heterocycles. The zero-order chi connectivity index (χ0) is 13.8. The average Bonchev–Trinajstić information content (AvgIpc) is 2.85. The molecule has 2 rings (SSSR count). The van der Waals surface area contributed by atoms with E-state index in [1.807, 2.05) is 4.90 Å². The van der Waals surface area contributed by atoms with Gasteiger partial charge in [0.2, 0.25) is 5.91 Å². The molecule has 1 saturated heterocycles. The number of aromatic amines is 1. The molecule has 1 aliphatic heterocycles. The third-order valence-corrected chi connectivity index (χ3v) is 3.46. The van der Waals surface area contributed by atoms with E-state index >= 15 is 0 Å². The maximum absolute atomic E-state index is 12.2. The van der Waals surface area contributed by atoms with Crippen molar-refractivity contribution in [3.05, 3.63) is 17.5 Å². The number of likely N-dealkylation sites (tertiary alicyclic amines) is 1. The number of aromatic nitrogens is 2. The predicted molar refractivity (Wildman–Crippen MR) is 70.7 cm³/mol. The number of hydrogen-bond donors (Lipinski definition) is 2. The number of amides is 2. The van der Waals surface area contributed by atoms with Gasteiger partial charge in [0.25, 0.3) is 5.91 Å². The van der Waals surface area contributed by atoms with Gasteiger partial charge in [-0.25, -0.2) is 0 Å². The second kappa shape index (κ2) is 5.86. The molecule has 0 aromatic carbocycles. The minimum atomic E-state index is -0.500. The second-order valence-electron chi connectivity index (χ2n) is 4.99. The molecule has 0 aliphatic carbocycles. The summed E-state index contributed by atoms with van der Waals surface area (Å²) < 4.78 is 0. The van der Waals surface area contributed by atoms with Crippen molar-refractivity contribution in [2.45, 2.75) is 39.2 Å². The van der Waals surface area contributed by atoms with E-state index in [0.717, 1.165) is 25.9 Å². The quantitative estimate of drug-likeness (QED) is 0.849. The van der Waals surface area contributed by atoms with Crippen LogP contribution in [-0.2, 0) is 4.79 Å². The number of H-pyrrole nitrogens is 1. The van der Waals surface area contributed by atoms with E-state index in [0.29, 0.717) is 11.3 Å². The van der Waals surface area contributed by atoms with Crippen LogP contribution in [0.4, 0.5) is 0 Å². The Labute approximate surface area is 112 Å². The van der Waals surface area contributed by atoms with E-state index in [9.17, 15) is 9.59 Å². The van der Waals surface area contributed by atoms with Crippen LogP contribution in [0.15, 0.2) is 6.20 Å². The third-order valence-electron chi connectivity index (χ3n) is 3.46. The zero-order valence-electron chi connectivity index (χ0n) is 11.4. The summed E-state index contributed by atoms with van der Waals surface area (Å²) >= 11 is 0. The Morgan fingerprint density at radius 2 is 2.05 bits per heavy atom. The molecule has 1 aliphatic rings. The summed E-state index contributed by atoms with van der Waals surface area (Å²) in [6.45, 7) is 5.09. The highest BCUT2D eigenvalue weighted by Crippen LogP contribution is 2.10. The van der Waals surface area contributed by atoms with Crippen LogP contribution in [0.25, 0.3) is 0 Å². The van der Waals surface area contributed by atoms with Crippen molar-refractivity contribution >= 4 is 11.8 Å². The van der Waals surface area contributed by atoms with Crippen molar-refractivity contribution in [2.24, 2.45) is 0 Å². The number of carbonyl (C=O) groups excluding carboxylic acids is 2. The van der Waals surface area contributed by atoms with Gasteiger partial charge in [-0.2, -0.15) is 5.10 Å². The summed E-state index contributed by atoms with van der Waals surface area (Å²) in [5.41, 5.74) is 1.19. The first-order valence-corrected chi connectivity index (χ1v) is 6.69. The molecule has 1 unspecified atom stereocenters. The fourth-order valence-corrected chi connectivity index (χ4v) is 2.30. The van der Waals surface area contributed by atoms with Gasteiger partial charge in [0.05, 0.1) is 11.8 Å². The van der Waals surface area contributed by atoms with E-state index < -0.39 is 6.04 Å². The Kier molecular flexibility index (Phi) is 4.19. The van der Waals surface area contributed by atoms with Gasteiger partial charge >= 0.3 is 0 Å². The van der Waals surface area contributed by atoms with Gasteiger partial charge in [0.1, 0.15) is 6.04 Å². The van der Waals surface area contributed by atoms with Crippen LogP contribution in [0.2, 0.25) is 0 Å². The number of nitrogens with zero attached hydrogens (tertiary/aromatic N) is 2. The largest absolute Gasteiger partial charge is 0.341 e. The molecule has 19 heavy (non-hydrogen) atoms. The van der Waals surface area contributed by atoms with Crippen LogP contribution >= 0.6 is 0 Å². The lowest BCUT2D eigenvalue weighted by Gasteiger charge is -2.29. The van der Waals surface area contributed by atoms with Gasteiger partial charge in [-0.1, -0.05) is 0 Å². The Bertz CT molecular complexity index is 463. The molecule has 1 fully saturated rings. The lowest BCUT2D eigenvalue weighted by atomic mass is 10.1. The number of hydrogen-bond acceptors (Lipinski definition) is 3. The molecule has 1 atom stereocenters. The highest BCUT2D eigenvalue weighted by Gasteiger charge is 2.24. The highest BCUT2D eigenvalue weighted by molar-refractivity contribution is 5.98. The normalized spacial score (nSPS) is 17.1. The zero-order valence-corrected chi connectivity index (χ0v) is 11.4. The van der Waals surface area contributed by atoms with Crippen LogP contribution in [0.1, 0.15) is 42.2 Å². The lowest BCUT2D eigenvalue weighted by Crippen LogP contribution is -2.48. The topological polar surface area (TPSA) is 78.1 Å². The van der Waals surface area contributed by atoms with Gasteiger partial charge < -0.3 is 10.2 Å². The summed E-state index contributed by atoms with van der Waals surface area (Å²) in [5, 5.41) is 9.24. The SMILES string of the molecule is Cc1[nH]ncc1C(=O)NC(C)C(=O)N1CCCCC1. The standard InChI is InChI=1S/C13H20N4O2/c1-9-11(8-14-16-9)12(18)15-10(2)13(19)17-6-4-3-5-7-17/h8,10H,3-7H2,1-2H3,(H,14,16)(H,15,18). The number of piperidine rings is 1. The molecule has 0 bridgehead atoms. The molecule has 2 heterocycles. The second-order valence-corrected chi connectivity index (χ2v) is 4.99. The first-order valence-electron chi connectivity index (χ1n) is 6.69. The van der Waals surface area contributed by atoms with Crippen molar-refractivity contribution in [1.82, 2.24) is 20.4 Å². The molecule has 6 heteroatoms. The first kappa shape index (κ1) is 13.6. The van der Waals surface area contributed by atoms with E-state index in [1.54, 1.807) is 13.8 Å². The fraction of sp³-hybridized carbons (Fsp3) is 0.615. The Balaban J connectivity index is 1.93. The van der Waals surface area contributed by atoms with Crippen LogP contribution in [0.5, 0.6) is 0 Å². The summed E-state index contributed by atoms with van der Waals surface area (Å²) in [6, 6.07) is -0.500. The molecule has 1 aromatic rings. The Morgan fingerprint density at radius 1 is 1.37 bits per heavy atom. The smallest absolute Gasteiger partial charge is 0.255 e. The third kappa shape index (κ3) is 3.13. The van der Waals surface area contributed by atoms with Gasteiger partial charge in [0, 0.05) is 18.8 Å². The summed E-state index contributed by atoms with van der Waals surface area (Å²) in [4.78, 5) is 26.0. The molecule has 0 radical (unpaired) electrons. The maximum atomic E-state index is 12.2. The maximum Gasteiger partial charge on any atom is 0.255 e. The summed E-state index contributed by atoms with van der Waals surface area (Å²) in [7, 11) is 0. The van der Waals surface area contributed by atoms with Crippen LogP contribution in [0, 0.1) is 6.92 Å². The number of nitrogens with one attached hydrogen (secondary N) is 2. The Morgan fingerprint density at radius 3 is 2.63 bits per heavy atom. The van der Waals surface area contributed by atoms with Gasteiger partial charge in [-0.05, 0) is 33.1 Å². The summed E-state index contributed by atoms with van der Waals surface area (Å²) in [6.07, 6.45) is 4.75. The van der Waals surface area contributed by atoms with Crippen molar-refractivity contribution in [3.8, 4) is 0 Å². The average molecular weight is 264 g/mol. The van der Waals surface area contributed by atoms with Crippen LogP contribution < -0.4 is 5.32 Å². The number of carbonyl (C=O) groups is 2. The molecule has 0 saturated carbocycles.